The summed E-state index contributed by atoms with van der Waals surface area (Å²) < 4.78 is 74.8. The van der Waals surface area contributed by atoms with Gasteiger partial charge in [-0.25, -0.2) is 8.42 Å². The summed E-state index contributed by atoms with van der Waals surface area (Å²) in [6.07, 6.45) is -1.31. The molecule has 13 heteroatoms. The van der Waals surface area contributed by atoms with Gasteiger partial charge in [0.15, 0.2) is 0 Å². The maximum absolute atomic E-state index is 14.0. The van der Waals surface area contributed by atoms with Crippen LogP contribution in [0.15, 0.2) is 77.7 Å². The Balaban J connectivity index is 1.74. The van der Waals surface area contributed by atoms with E-state index in [9.17, 15) is 31.2 Å². The number of nitrogens with zero attached hydrogens (tertiary/aromatic N) is 2. The van der Waals surface area contributed by atoms with E-state index in [1.165, 1.54) is 43.2 Å². The molecule has 1 N–H and O–H groups in total. The van der Waals surface area contributed by atoms with Gasteiger partial charge in [-0.05, 0) is 67.8 Å². The second-order valence-corrected chi connectivity index (χ2v) is 12.8. The highest BCUT2D eigenvalue weighted by Gasteiger charge is 2.37. The Kier molecular flexibility index (Phi) is 10.5. The van der Waals surface area contributed by atoms with Gasteiger partial charge in [0.2, 0.25) is 11.8 Å². The van der Waals surface area contributed by atoms with Gasteiger partial charge >= 0.3 is 6.18 Å². The molecule has 0 heterocycles. The molecule has 1 atom stereocenters. The van der Waals surface area contributed by atoms with E-state index in [0.717, 1.165) is 37.8 Å². The lowest BCUT2D eigenvalue weighted by Crippen LogP contribution is -2.52. The molecule has 3 aromatic rings. The van der Waals surface area contributed by atoms with E-state index < -0.39 is 56.9 Å². The summed E-state index contributed by atoms with van der Waals surface area (Å²) in [5.41, 5.74) is -1.04. The summed E-state index contributed by atoms with van der Waals surface area (Å²) >= 11 is 5.81. The molecule has 1 fully saturated rings. The van der Waals surface area contributed by atoms with Gasteiger partial charge in [0.1, 0.15) is 18.3 Å². The first kappa shape index (κ1) is 33.1. The van der Waals surface area contributed by atoms with E-state index in [1.807, 2.05) is 0 Å². The third-order valence-electron chi connectivity index (χ3n) is 7.53. The lowest BCUT2D eigenvalue weighted by molar-refractivity contribution is -0.139. The number of nitrogens with one attached hydrogen (secondary N) is 1. The monoisotopic (exact) mass is 651 g/mol. The van der Waals surface area contributed by atoms with E-state index >= 15 is 0 Å². The molecule has 1 aliphatic rings. The molecule has 3 aromatic carbocycles. The fourth-order valence-corrected chi connectivity index (χ4v) is 6.69. The van der Waals surface area contributed by atoms with Gasteiger partial charge in [-0.3, -0.25) is 13.9 Å². The maximum Gasteiger partial charge on any atom is 0.417 e. The number of rotatable bonds is 11. The molecule has 0 aromatic heterocycles. The van der Waals surface area contributed by atoms with E-state index in [4.69, 9.17) is 16.3 Å². The number of carbonyl (C=O) groups is 2. The number of sulfonamides is 1. The first-order valence-electron chi connectivity index (χ1n) is 14.0. The van der Waals surface area contributed by atoms with Crippen LogP contribution in [0.1, 0.15) is 43.7 Å². The number of halogens is 4. The highest BCUT2D eigenvalue weighted by atomic mass is 35.5. The first-order valence-corrected chi connectivity index (χ1v) is 15.8. The third-order valence-corrected chi connectivity index (χ3v) is 9.65. The standard InChI is InChI=1S/C31H33ClF3N3O5S/c1-21(30(40)36-23-8-6-7-9-23)37(19-22-12-15-25(43-2)16-13-22)29(39)20-38(44(41,42)26-10-4-3-5-11-26)24-14-17-28(32)27(18-24)31(33,34)35/h3-5,10-18,21,23H,6-9,19-20H2,1-2H3,(H,36,40). The SMILES string of the molecule is COc1ccc(CN(C(=O)CN(c2ccc(Cl)c(C(F)(F)F)c2)S(=O)(=O)c2ccccc2)C(C)C(=O)NC2CCCC2)cc1. The Hall–Kier alpha value is -3.77. The smallest absolute Gasteiger partial charge is 0.417 e. The van der Waals surface area contributed by atoms with Crippen LogP contribution in [-0.4, -0.2) is 50.9 Å². The molecule has 4 rings (SSSR count). The quantitative estimate of drug-likeness (QED) is 0.273. The fraction of sp³-hybridized carbons (Fsp3) is 0.355. The van der Waals surface area contributed by atoms with Crippen LogP contribution < -0.4 is 14.4 Å². The zero-order chi connectivity index (χ0) is 32.1. The van der Waals surface area contributed by atoms with Crippen molar-refractivity contribution in [3.8, 4) is 5.75 Å². The molecule has 1 unspecified atom stereocenters. The molecule has 2 amide bonds. The topological polar surface area (TPSA) is 96.0 Å². The predicted molar refractivity (Wildman–Crippen MR) is 161 cm³/mol. The van der Waals surface area contributed by atoms with Crippen LogP contribution in [-0.2, 0) is 32.3 Å². The molecular formula is C31H33ClF3N3O5S. The molecule has 0 spiro atoms. The van der Waals surface area contributed by atoms with Crippen molar-refractivity contribution < 1.29 is 35.9 Å². The van der Waals surface area contributed by atoms with Crippen molar-refractivity contribution in [2.24, 2.45) is 0 Å². The summed E-state index contributed by atoms with van der Waals surface area (Å²) in [5, 5.41) is 2.34. The highest BCUT2D eigenvalue weighted by molar-refractivity contribution is 7.92. The minimum absolute atomic E-state index is 0.0345. The van der Waals surface area contributed by atoms with Gasteiger partial charge in [-0.1, -0.05) is 54.8 Å². The number of hydrogen-bond acceptors (Lipinski definition) is 5. The van der Waals surface area contributed by atoms with Gasteiger partial charge in [0, 0.05) is 12.6 Å². The largest absolute Gasteiger partial charge is 0.497 e. The average Bonchev–Trinajstić information content (AvgIpc) is 3.51. The minimum atomic E-state index is -4.88. The van der Waals surface area contributed by atoms with Gasteiger partial charge in [0.25, 0.3) is 10.0 Å². The zero-order valence-corrected chi connectivity index (χ0v) is 25.8. The van der Waals surface area contributed by atoms with Crippen molar-refractivity contribution in [2.45, 2.75) is 62.3 Å². The van der Waals surface area contributed by atoms with Crippen molar-refractivity contribution in [1.29, 1.82) is 0 Å². The molecule has 44 heavy (non-hydrogen) atoms. The van der Waals surface area contributed by atoms with Crippen LogP contribution in [0.25, 0.3) is 0 Å². The molecule has 0 saturated heterocycles. The molecule has 0 radical (unpaired) electrons. The Morgan fingerprint density at radius 1 is 1.02 bits per heavy atom. The van der Waals surface area contributed by atoms with E-state index in [0.29, 0.717) is 21.7 Å². The molecule has 1 saturated carbocycles. The molecule has 0 aliphatic heterocycles. The maximum atomic E-state index is 14.0. The van der Waals surface area contributed by atoms with Gasteiger partial charge in [-0.2, -0.15) is 13.2 Å². The van der Waals surface area contributed by atoms with Gasteiger partial charge in [-0.15, -0.1) is 0 Å². The molecule has 8 nitrogen and oxygen atoms in total. The van der Waals surface area contributed by atoms with Crippen molar-refractivity contribution in [1.82, 2.24) is 10.2 Å². The van der Waals surface area contributed by atoms with Crippen molar-refractivity contribution in [3.63, 3.8) is 0 Å². The summed E-state index contributed by atoms with van der Waals surface area (Å²) in [5.74, 6) is -0.637. The van der Waals surface area contributed by atoms with Crippen LogP contribution in [0.5, 0.6) is 5.75 Å². The minimum Gasteiger partial charge on any atom is -0.497 e. The number of ether oxygens (including phenoxy) is 1. The number of alkyl halides is 3. The molecular weight excluding hydrogens is 619 g/mol. The summed E-state index contributed by atoms with van der Waals surface area (Å²) in [6.45, 7) is 0.578. The average molecular weight is 652 g/mol. The summed E-state index contributed by atoms with van der Waals surface area (Å²) in [6, 6.07) is 15.4. The second-order valence-electron chi connectivity index (χ2n) is 10.5. The number of hydrogen-bond donors (Lipinski definition) is 1. The third kappa shape index (κ3) is 7.84. The summed E-state index contributed by atoms with van der Waals surface area (Å²) in [4.78, 5) is 28.3. The zero-order valence-electron chi connectivity index (χ0n) is 24.2. The Labute approximate surface area is 259 Å². The van der Waals surface area contributed by atoms with Crippen LogP contribution >= 0.6 is 11.6 Å². The van der Waals surface area contributed by atoms with E-state index in [1.54, 1.807) is 30.3 Å². The number of carbonyl (C=O) groups excluding carboxylic acids is 2. The van der Waals surface area contributed by atoms with Gasteiger partial charge < -0.3 is 15.0 Å². The Morgan fingerprint density at radius 2 is 1.66 bits per heavy atom. The molecule has 1 aliphatic carbocycles. The second kappa shape index (κ2) is 13.9. The molecule has 236 valence electrons. The van der Waals surface area contributed by atoms with E-state index in [2.05, 4.69) is 5.32 Å². The number of benzene rings is 3. The number of methoxy groups -OCH3 is 1. The van der Waals surface area contributed by atoms with Crippen LogP contribution in [0, 0.1) is 0 Å². The lowest BCUT2D eigenvalue weighted by atomic mass is 10.1. The van der Waals surface area contributed by atoms with Crippen LogP contribution in [0.4, 0.5) is 18.9 Å². The van der Waals surface area contributed by atoms with Crippen molar-refractivity contribution >= 4 is 39.1 Å². The normalized spacial score (nSPS) is 14.6. The highest BCUT2D eigenvalue weighted by Crippen LogP contribution is 2.38. The first-order chi connectivity index (χ1) is 20.8. The number of anilines is 1. The molecule has 0 bridgehead atoms. The Bertz CT molecular complexity index is 1560. The Morgan fingerprint density at radius 3 is 2.25 bits per heavy atom. The predicted octanol–water partition coefficient (Wildman–Crippen LogP) is 6.04. The number of amides is 2. The van der Waals surface area contributed by atoms with Crippen LogP contribution in [0.2, 0.25) is 5.02 Å². The van der Waals surface area contributed by atoms with Crippen molar-refractivity contribution in [2.75, 3.05) is 18.0 Å². The fourth-order valence-electron chi connectivity index (χ4n) is 5.04. The summed E-state index contributed by atoms with van der Waals surface area (Å²) in [7, 11) is -3.04. The lowest BCUT2D eigenvalue weighted by Gasteiger charge is -2.32. The van der Waals surface area contributed by atoms with E-state index in [-0.39, 0.29) is 17.5 Å². The van der Waals surface area contributed by atoms with Gasteiger partial charge in [0.05, 0.1) is 28.3 Å². The van der Waals surface area contributed by atoms with Crippen LogP contribution in [0.3, 0.4) is 0 Å². The van der Waals surface area contributed by atoms with Crippen molar-refractivity contribution in [3.05, 3.63) is 88.9 Å².